The van der Waals surface area contributed by atoms with Gasteiger partial charge in [-0.15, -0.1) is 0 Å². The van der Waals surface area contributed by atoms with Crippen LogP contribution in [0.5, 0.6) is 5.75 Å². The Labute approximate surface area is 180 Å². The van der Waals surface area contributed by atoms with Gasteiger partial charge < -0.3 is 24.6 Å². The first kappa shape index (κ1) is 24.4. The standard InChI is InChI=1S/C22H37N3O5/c1-21(2,3)30-20(26)24(5)22(4,27)18-7-6-8-19(17-18)29-16-15-28-14-13-25-11-9-23-10-12-25/h6-8,17,23,27H,9-16H2,1-5H3. The monoisotopic (exact) mass is 423 g/mol. The molecule has 8 nitrogen and oxygen atoms in total. The van der Waals surface area contributed by atoms with Gasteiger partial charge in [-0.3, -0.25) is 9.80 Å². The van der Waals surface area contributed by atoms with E-state index in [1.807, 2.05) is 6.07 Å². The van der Waals surface area contributed by atoms with Gasteiger partial charge in [0.1, 0.15) is 18.0 Å². The summed E-state index contributed by atoms with van der Waals surface area (Å²) in [5.41, 5.74) is -1.65. The predicted octanol–water partition coefficient (Wildman–Crippen LogP) is 2.02. The first-order chi connectivity index (χ1) is 14.1. The molecule has 1 saturated heterocycles. The third-order valence-electron chi connectivity index (χ3n) is 4.96. The van der Waals surface area contributed by atoms with Gasteiger partial charge in [0, 0.05) is 45.3 Å². The van der Waals surface area contributed by atoms with Crippen molar-refractivity contribution in [3.8, 4) is 5.75 Å². The summed E-state index contributed by atoms with van der Waals surface area (Å²) >= 11 is 0. The van der Waals surface area contributed by atoms with Crippen molar-refractivity contribution in [2.24, 2.45) is 0 Å². The van der Waals surface area contributed by atoms with Crippen molar-refractivity contribution < 1.29 is 24.1 Å². The number of hydrogen-bond donors (Lipinski definition) is 2. The highest BCUT2D eigenvalue weighted by atomic mass is 16.6. The Bertz CT molecular complexity index is 669. The van der Waals surface area contributed by atoms with Crippen LogP contribution in [-0.2, 0) is 15.2 Å². The highest BCUT2D eigenvalue weighted by Gasteiger charge is 2.35. The molecule has 1 aromatic rings. The number of rotatable bonds is 9. The quantitative estimate of drug-likeness (QED) is 0.464. The number of carbonyl (C=O) groups excluding carboxylic acids is 1. The van der Waals surface area contributed by atoms with Crippen LogP contribution in [0, 0.1) is 0 Å². The average molecular weight is 424 g/mol. The maximum absolute atomic E-state index is 12.3. The Balaban J connectivity index is 1.80. The third-order valence-corrected chi connectivity index (χ3v) is 4.96. The van der Waals surface area contributed by atoms with Crippen molar-refractivity contribution in [1.29, 1.82) is 0 Å². The fraction of sp³-hybridized carbons (Fsp3) is 0.682. The molecule has 0 spiro atoms. The number of nitrogens with one attached hydrogen (secondary N) is 1. The molecule has 30 heavy (non-hydrogen) atoms. The van der Waals surface area contributed by atoms with Crippen LogP contribution in [0.1, 0.15) is 33.3 Å². The van der Waals surface area contributed by atoms with Crippen molar-refractivity contribution in [3.05, 3.63) is 29.8 Å². The van der Waals surface area contributed by atoms with E-state index in [0.29, 0.717) is 31.1 Å². The largest absolute Gasteiger partial charge is 0.491 e. The van der Waals surface area contributed by atoms with E-state index in [0.717, 1.165) is 32.7 Å². The summed E-state index contributed by atoms with van der Waals surface area (Å²) in [6.45, 7) is 13.6. The molecule has 0 aromatic heterocycles. The van der Waals surface area contributed by atoms with Gasteiger partial charge in [0.2, 0.25) is 0 Å². The lowest BCUT2D eigenvalue weighted by atomic mass is 10.0. The number of nitrogens with zero attached hydrogens (tertiary/aromatic N) is 2. The first-order valence-corrected chi connectivity index (χ1v) is 10.5. The van der Waals surface area contributed by atoms with Crippen LogP contribution in [-0.4, -0.2) is 86.2 Å². The van der Waals surface area contributed by atoms with Crippen LogP contribution in [0.4, 0.5) is 4.79 Å². The lowest BCUT2D eigenvalue weighted by Gasteiger charge is -2.35. The Hall–Kier alpha value is -1.87. The molecule has 0 radical (unpaired) electrons. The van der Waals surface area contributed by atoms with E-state index in [1.54, 1.807) is 45.9 Å². The maximum atomic E-state index is 12.3. The minimum atomic E-state index is -1.54. The fourth-order valence-electron chi connectivity index (χ4n) is 3.03. The second kappa shape index (κ2) is 10.9. The molecule has 1 aliphatic heterocycles. The van der Waals surface area contributed by atoms with E-state index < -0.39 is 17.4 Å². The molecule has 2 N–H and O–H groups in total. The van der Waals surface area contributed by atoms with E-state index in [9.17, 15) is 9.90 Å². The number of aliphatic hydroxyl groups is 1. The van der Waals surface area contributed by atoms with Gasteiger partial charge >= 0.3 is 6.09 Å². The SMILES string of the molecule is CN(C(=O)OC(C)(C)C)C(C)(O)c1cccc(OCCOCCN2CCNCC2)c1. The molecule has 1 aromatic carbocycles. The molecule has 1 unspecified atom stereocenters. The van der Waals surface area contributed by atoms with Gasteiger partial charge in [0.15, 0.2) is 5.72 Å². The molecule has 2 rings (SSSR count). The first-order valence-electron chi connectivity index (χ1n) is 10.5. The topological polar surface area (TPSA) is 83.5 Å². The fourth-order valence-corrected chi connectivity index (χ4v) is 3.03. The number of carbonyl (C=O) groups is 1. The van der Waals surface area contributed by atoms with Gasteiger partial charge in [-0.05, 0) is 39.8 Å². The van der Waals surface area contributed by atoms with Gasteiger partial charge in [0.25, 0.3) is 0 Å². The lowest BCUT2D eigenvalue weighted by Crippen LogP contribution is -2.47. The van der Waals surface area contributed by atoms with Crippen molar-refractivity contribution in [2.75, 3.05) is 59.6 Å². The summed E-state index contributed by atoms with van der Waals surface area (Å²) in [5, 5.41) is 14.3. The van der Waals surface area contributed by atoms with Gasteiger partial charge in [-0.25, -0.2) is 4.79 Å². The van der Waals surface area contributed by atoms with Gasteiger partial charge in [-0.1, -0.05) is 12.1 Å². The zero-order valence-corrected chi connectivity index (χ0v) is 18.9. The molecular formula is C22H37N3O5. The number of benzene rings is 1. The molecule has 0 aliphatic carbocycles. The third kappa shape index (κ3) is 7.75. The van der Waals surface area contributed by atoms with Crippen LogP contribution in [0.15, 0.2) is 24.3 Å². The number of ether oxygens (including phenoxy) is 3. The van der Waals surface area contributed by atoms with Gasteiger partial charge in [-0.2, -0.15) is 0 Å². The summed E-state index contributed by atoms with van der Waals surface area (Å²) in [4.78, 5) is 15.9. The molecule has 1 fully saturated rings. The summed E-state index contributed by atoms with van der Waals surface area (Å²) < 4.78 is 16.8. The number of hydrogen-bond acceptors (Lipinski definition) is 7. The van der Waals surface area contributed by atoms with E-state index in [2.05, 4.69) is 10.2 Å². The maximum Gasteiger partial charge on any atom is 0.412 e. The molecule has 0 saturated carbocycles. The van der Waals surface area contributed by atoms with Crippen LogP contribution in [0.25, 0.3) is 0 Å². The van der Waals surface area contributed by atoms with Crippen LogP contribution >= 0.6 is 0 Å². The highest BCUT2D eigenvalue weighted by Crippen LogP contribution is 2.28. The Kier molecular flexibility index (Phi) is 8.91. The highest BCUT2D eigenvalue weighted by molar-refractivity contribution is 5.69. The molecule has 1 atom stereocenters. The van der Waals surface area contributed by atoms with Crippen LogP contribution < -0.4 is 10.1 Å². The second-order valence-electron chi connectivity index (χ2n) is 8.64. The van der Waals surface area contributed by atoms with Crippen molar-refractivity contribution >= 4 is 6.09 Å². The Morgan fingerprint density at radius 2 is 1.87 bits per heavy atom. The predicted molar refractivity (Wildman–Crippen MR) is 116 cm³/mol. The molecule has 8 heteroatoms. The Morgan fingerprint density at radius 1 is 1.17 bits per heavy atom. The summed E-state index contributed by atoms with van der Waals surface area (Å²) in [5.74, 6) is 0.607. The number of amides is 1. The summed E-state index contributed by atoms with van der Waals surface area (Å²) in [7, 11) is 1.51. The zero-order valence-electron chi connectivity index (χ0n) is 18.9. The van der Waals surface area contributed by atoms with Crippen molar-refractivity contribution in [2.45, 2.75) is 39.0 Å². The second-order valence-corrected chi connectivity index (χ2v) is 8.64. The van der Waals surface area contributed by atoms with E-state index in [4.69, 9.17) is 14.2 Å². The molecule has 1 amide bonds. The summed E-state index contributed by atoms with van der Waals surface area (Å²) in [6.07, 6.45) is -0.600. The minimum Gasteiger partial charge on any atom is -0.491 e. The normalized spacial score (nSPS) is 17.3. The lowest BCUT2D eigenvalue weighted by molar-refractivity contribution is -0.0886. The average Bonchev–Trinajstić information content (AvgIpc) is 2.69. The molecule has 0 bridgehead atoms. The van der Waals surface area contributed by atoms with E-state index in [-0.39, 0.29) is 0 Å². The molecular weight excluding hydrogens is 386 g/mol. The number of piperazine rings is 1. The molecule has 1 heterocycles. The van der Waals surface area contributed by atoms with Crippen LogP contribution in [0.2, 0.25) is 0 Å². The van der Waals surface area contributed by atoms with Crippen molar-refractivity contribution in [1.82, 2.24) is 15.1 Å². The van der Waals surface area contributed by atoms with Crippen molar-refractivity contribution in [3.63, 3.8) is 0 Å². The van der Waals surface area contributed by atoms with Crippen LogP contribution in [0.3, 0.4) is 0 Å². The summed E-state index contributed by atoms with van der Waals surface area (Å²) in [6, 6.07) is 7.07. The zero-order chi connectivity index (χ0) is 22.2. The smallest absolute Gasteiger partial charge is 0.412 e. The van der Waals surface area contributed by atoms with E-state index in [1.165, 1.54) is 11.9 Å². The Morgan fingerprint density at radius 3 is 2.53 bits per heavy atom. The van der Waals surface area contributed by atoms with E-state index >= 15 is 0 Å². The van der Waals surface area contributed by atoms with Gasteiger partial charge in [0.05, 0.1) is 13.2 Å². The molecule has 170 valence electrons. The molecule has 1 aliphatic rings. The minimum absolute atomic E-state index is 0.412.